The Morgan fingerprint density at radius 1 is 1.50 bits per heavy atom. The van der Waals surface area contributed by atoms with E-state index in [1.54, 1.807) is 6.20 Å². The predicted octanol–water partition coefficient (Wildman–Crippen LogP) is 2.01. The van der Waals surface area contributed by atoms with Gasteiger partial charge in [-0.15, -0.1) is 0 Å². The first-order chi connectivity index (χ1) is 9.69. The van der Waals surface area contributed by atoms with Crippen LogP contribution in [0.3, 0.4) is 0 Å². The molecule has 1 aromatic heterocycles. The van der Waals surface area contributed by atoms with Gasteiger partial charge in [-0.3, -0.25) is 4.79 Å². The third-order valence-electron chi connectivity index (χ3n) is 3.84. The number of piperidine rings is 1. The number of nitrogens with zero attached hydrogens (tertiary/aromatic N) is 3. The van der Waals surface area contributed by atoms with Crippen molar-refractivity contribution in [3.8, 4) is 0 Å². The van der Waals surface area contributed by atoms with Crippen LogP contribution in [0.5, 0.6) is 0 Å². The average Bonchev–Trinajstić information content (AvgIpc) is 2.46. The van der Waals surface area contributed by atoms with Crippen molar-refractivity contribution in [3.63, 3.8) is 0 Å². The Balaban J connectivity index is 2.31. The number of anilines is 1. The summed E-state index contributed by atoms with van der Waals surface area (Å²) < 4.78 is 1.44. The molecule has 112 valence electrons. The van der Waals surface area contributed by atoms with Crippen molar-refractivity contribution in [3.05, 3.63) is 21.6 Å². The van der Waals surface area contributed by atoms with E-state index in [1.807, 2.05) is 6.92 Å². The SMILES string of the molecule is CCCn1ncc(N2CCCCC2CCN)c(Cl)c1=O. The molecule has 0 spiro atoms. The van der Waals surface area contributed by atoms with E-state index in [9.17, 15) is 4.79 Å². The van der Waals surface area contributed by atoms with Crippen molar-refractivity contribution in [2.75, 3.05) is 18.0 Å². The molecule has 1 aliphatic heterocycles. The van der Waals surface area contributed by atoms with Crippen LogP contribution in [0.2, 0.25) is 5.02 Å². The number of hydrogen-bond acceptors (Lipinski definition) is 4. The van der Waals surface area contributed by atoms with Crippen LogP contribution in [0.4, 0.5) is 5.69 Å². The van der Waals surface area contributed by atoms with Crippen LogP contribution in [0.25, 0.3) is 0 Å². The van der Waals surface area contributed by atoms with E-state index >= 15 is 0 Å². The second-order valence-corrected chi connectivity index (χ2v) is 5.67. The Bertz CT molecular complexity index is 500. The van der Waals surface area contributed by atoms with Crippen molar-refractivity contribution >= 4 is 17.3 Å². The van der Waals surface area contributed by atoms with E-state index in [2.05, 4.69) is 10.00 Å². The fraction of sp³-hybridized carbons (Fsp3) is 0.714. The van der Waals surface area contributed by atoms with Crippen molar-refractivity contribution < 1.29 is 0 Å². The quantitative estimate of drug-likeness (QED) is 0.903. The fourth-order valence-corrected chi connectivity index (χ4v) is 3.09. The van der Waals surface area contributed by atoms with Gasteiger partial charge >= 0.3 is 0 Å². The van der Waals surface area contributed by atoms with Crippen LogP contribution < -0.4 is 16.2 Å². The number of hydrogen-bond donors (Lipinski definition) is 1. The standard InChI is InChI=1S/C14H23ClN4O/c1-2-8-19-14(20)13(15)12(10-17-19)18-9-4-3-5-11(18)6-7-16/h10-11H,2-9,16H2,1H3. The highest BCUT2D eigenvalue weighted by molar-refractivity contribution is 6.33. The molecule has 0 saturated carbocycles. The van der Waals surface area contributed by atoms with Crippen molar-refractivity contribution in [1.29, 1.82) is 0 Å². The van der Waals surface area contributed by atoms with Crippen LogP contribution in [0, 0.1) is 0 Å². The van der Waals surface area contributed by atoms with Crippen molar-refractivity contribution in [2.45, 2.75) is 51.6 Å². The predicted molar refractivity (Wildman–Crippen MR) is 82.5 cm³/mol. The molecule has 2 heterocycles. The number of nitrogens with two attached hydrogens (primary N) is 1. The lowest BCUT2D eigenvalue weighted by atomic mass is 9.99. The van der Waals surface area contributed by atoms with Gasteiger partial charge in [0.15, 0.2) is 0 Å². The molecule has 2 N–H and O–H groups in total. The molecule has 0 aliphatic carbocycles. The monoisotopic (exact) mass is 298 g/mol. The van der Waals surface area contributed by atoms with Crippen LogP contribution in [-0.4, -0.2) is 28.9 Å². The lowest BCUT2D eigenvalue weighted by Gasteiger charge is -2.37. The molecule has 0 radical (unpaired) electrons. The van der Waals surface area contributed by atoms with Crippen LogP contribution in [-0.2, 0) is 6.54 Å². The first kappa shape index (κ1) is 15.3. The van der Waals surface area contributed by atoms with Gasteiger partial charge in [0.1, 0.15) is 5.02 Å². The smallest absolute Gasteiger partial charge is 0.287 e. The molecular formula is C14H23ClN4O. The summed E-state index contributed by atoms with van der Waals surface area (Å²) in [6, 6.07) is 0.370. The molecule has 0 bridgehead atoms. The Morgan fingerprint density at radius 3 is 3.00 bits per heavy atom. The minimum Gasteiger partial charge on any atom is -0.366 e. The number of halogens is 1. The first-order valence-electron chi connectivity index (χ1n) is 7.41. The minimum absolute atomic E-state index is 0.192. The van der Waals surface area contributed by atoms with Gasteiger partial charge in [-0.05, 0) is 38.6 Å². The molecule has 1 unspecified atom stereocenters. The highest BCUT2D eigenvalue weighted by Gasteiger charge is 2.25. The third-order valence-corrected chi connectivity index (χ3v) is 4.19. The molecule has 1 aromatic rings. The summed E-state index contributed by atoms with van der Waals surface area (Å²) in [7, 11) is 0. The first-order valence-corrected chi connectivity index (χ1v) is 7.79. The van der Waals surface area contributed by atoms with Crippen LogP contribution >= 0.6 is 11.6 Å². The topological polar surface area (TPSA) is 64.2 Å². The van der Waals surface area contributed by atoms with Crippen LogP contribution in [0.1, 0.15) is 39.0 Å². The molecule has 1 atom stereocenters. The maximum absolute atomic E-state index is 12.2. The summed E-state index contributed by atoms with van der Waals surface area (Å²) in [6.07, 6.45) is 6.95. The molecule has 5 nitrogen and oxygen atoms in total. The van der Waals surface area contributed by atoms with Crippen LogP contribution in [0.15, 0.2) is 11.0 Å². The van der Waals surface area contributed by atoms with E-state index < -0.39 is 0 Å². The van der Waals surface area contributed by atoms with Gasteiger partial charge in [-0.1, -0.05) is 18.5 Å². The van der Waals surface area contributed by atoms with Gasteiger partial charge in [0.2, 0.25) is 0 Å². The number of aryl methyl sites for hydroxylation is 1. The van der Waals surface area contributed by atoms with Crippen molar-refractivity contribution in [2.24, 2.45) is 5.73 Å². The lowest BCUT2D eigenvalue weighted by molar-refractivity contribution is 0.440. The summed E-state index contributed by atoms with van der Waals surface area (Å²) >= 11 is 6.29. The average molecular weight is 299 g/mol. The highest BCUT2D eigenvalue weighted by Crippen LogP contribution is 2.29. The molecule has 1 aliphatic rings. The Labute approximate surface area is 124 Å². The number of aromatic nitrogens is 2. The van der Waals surface area contributed by atoms with E-state index in [4.69, 9.17) is 17.3 Å². The lowest BCUT2D eigenvalue weighted by Crippen LogP contribution is -2.42. The summed E-state index contributed by atoms with van der Waals surface area (Å²) in [5.74, 6) is 0. The number of rotatable bonds is 5. The van der Waals surface area contributed by atoms with Gasteiger partial charge in [-0.2, -0.15) is 5.10 Å². The highest BCUT2D eigenvalue weighted by atomic mass is 35.5. The normalized spacial score (nSPS) is 19.4. The second-order valence-electron chi connectivity index (χ2n) is 5.29. The molecule has 20 heavy (non-hydrogen) atoms. The molecule has 2 rings (SSSR count). The molecule has 0 amide bonds. The molecule has 0 aromatic carbocycles. The third kappa shape index (κ3) is 3.15. The van der Waals surface area contributed by atoms with E-state index in [0.717, 1.165) is 37.9 Å². The molecule has 6 heteroatoms. The molecular weight excluding hydrogens is 276 g/mol. The Hall–Kier alpha value is -1.07. The van der Waals surface area contributed by atoms with Gasteiger partial charge in [0.25, 0.3) is 5.56 Å². The van der Waals surface area contributed by atoms with E-state index in [-0.39, 0.29) is 10.6 Å². The van der Waals surface area contributed by atoms with Gasteiger partial charge < -0.3 is 10.6 Å². The summed E-state index contributed by atoms with van der Waals surface area (Å²) in [5, 5.41) is 4.53. The fourth-order valence-electron chi connectivity index (χ4n) is 2.84. The molecule has 1 saturated heterocycles. The second kappa shape index (κ2) is 7.09. The molecule has 1 fully saturated rings. The summed E-state index contributed by atoms with van der Waals surface area (Å²) in [6.45, 7) is 4.19. The Morgan fingerprint density at radius 2 is 2.30 bits per heavy atom. The largest absolute Gasteiger partial charge is 0.366 e. The van der Waals surface area contributed by atoms with E-state index in [0.29, 0.717) is 19.1 Å². The van der Waals surface area contributed by atoms with Gasteiger partial charge in [0, 0.05) is 19.1 Å². The zero-order valence-corrected chi connectivity index (χ0v) is 12.8. The maximum Gasteiger partial charge on any atom is 0.287 e. The van der Waals surface area contributed by atoms with Crippen molar-refractivity contribution in [1.82, 2.24) is 9.78 Å². The van der Waals surface area contributed by atoms with Gasteiger partial charge in [0.05, 0.1) is 11.9 Å². The zero-order valence-electron chi connectivity index (χ0n) is 12.0. The zero-order chi connectivity index (χ0) is 14.5. The maximum atomic E-state index is 12.2. The Kier molecular flexibility index (Phi) is 5.43. The summed E-state index contributed by atoms with van der Waals surface area (Å²) in [5.41, 5.74) is 6.26. The van der Waals surface area contributed by atoms with Gasteiger partial charge in [-0.25, -0.2) is 4.68 Å². The van der Waals surface area contributed by atoms with E-state index in [1.165, 1.54) is 11.1 Å². The summed E-state index contributed by atoms with van der Waals surface area (Å²) in [4.78, 5) is 14.4. The minimum atomic E-state index is -0.192.